The normalized spacial score (nSPS) is 25.5. The lowest BCUT2D eigenvalue weighted by Crippen LogP contribution is -2.40. The van der Waals surface area contributed by atoms with Gasteiger partial charge in [0.1, 0.15) is 11.6 Å². The first kappa shape index (κ1) is 28.1. The van der Waals surface area contributed by atoms with Crippen LogP contribution in [0, 0.1) is 17.8 Å². The van der Waals surface area contributed by atoms with Gasteiger partial charge in [-0.3, -0.25) is 9.59 Å². The molecule has 0 radical (unpaired) electrons. The van der Waals surface area contributed by atoms with Gasteiger partial charge in [-0.15, -0.1) is 0 Å². The lowest BCUT2D eigenvalue weighted by molar-refractivity contribution is -0.136. The molecule has 0 unspecified atom stereocenters. The van der Waals surface area contributed by atoms with Crippen LogP contribution >= 0.6 is 0 Å². The smallest absolute Gasteiger partial charge is 0.223 e. The van der Waals surface area contributed by atoms with Crippen molar-refractivity contribution < 1.29 is 9.59 Å². The van der Waals surface area contributed by atoms with Crippen LogP contribution in [-0.4, -0.2) is 54.1 Å². The SMILES string of the molecule is O=C(CC1CC1)N1CCC[C@H]1c1ncc(-c2ccc(-c3ccc(-c4cnc([C@H]5[C@H]6CC[C@@H](C6)N5C(=O)CC5CC5)[nH]4)cc3)cc2)[nH]1. The van der Waals surface area contributed by atoms with Gasteiger partial charge in [0.2, 0.25) is 11.8 Å². The topological polar surface area (TPSA) is 98.0 Å². The summed E-state index contributed by atoms with van der Waals surface area (Å²) in [6.45, 7) is 0.836. The van der Waals surface area contributed by atoms with Crippen LogP contribution in [0.2, 0.25) is 0 Å². The van der Waals surface area contributed by atoms with Gasteiger partial charge in [-0.2, -0.15) is 0 Å². The number of carbonyl (C=O) groups is 2. The Morgan fingerprint density at radius 1 is 0.674 bits per heavy atom. The Labute approximate surface area is 270 Å². The molecule has 5 fully saturated rings. The molecule has 2 bridgehead atoms. The van der Waals surface area contributed by atoms with Crippen LogP contribution in [0.1, 0.15) is 94.4 Å². The highest BCUT2D eigenvalue weighted by molar-refractivity contribution is 5.79. The maximum atomic E-state index is 13.2. The number of imidazole rings is 2. The summed E-state index contributed by atoms with van der Waals surface area (Å²) in [5.74, 6) is 4.19. The fourth-order valence-corrected chi connectivity index (χ4v) is 8.38. The number of aromatic nitrogens is 4. The van der Waals surface area contributed by atoms with Crippen LogP contribution in [-0.2, 0) is 9.59 Å². The highest BCUT2D eigenvalue weighted by atomic mass is 16.2. The molecule has 5 aliphatic rings. The molecule has 2 aliphatic heterocycles. The molecular weight excluding hydrogens is 572 g/mol. The zero-order valence-electron chi connectivity index (χ0n) is 26.3. The number of piperidine rings is 1. The fraction of sp³-hybridized carbons (Fsp3) is 0.474. The minimum absolute atomic E-state index is 0.0609. The van der Waals surface area contributed by atoms with Crippen molar-refractivity contribution in [2.45, 2.75) is 88.8 Å². The quantitative estimate of drug-likeness (QED) is 0.205. The average Bonchev–Trinajstić information content (AvgIpc) is 3.67. The largest absolute Gasteiger partial charge is 0.340 e. The molecule has 2 amide bonds. The molecule has 46 heavy (non-hydrogen) atoms. The lowest BCUT2D eigenvalue weighted by Gasteiger charge is -2.34. The predicted octanol–water partition coefficient (Wildman–Crippen LogP) is 7.45. The molecule has 236 valence electrons. The second-order valence-electron chi connectivity index (χ2n) is 14.5. The van der Waals surface area contributed by atoms with Gasteiger partial charge in [0.25, 0.3) is 0 Å². The summed E-state index contributed by atoms with van der Waals surface area (Å²) < 4.78 is 0. The van der Waals surface area contributed by atoms with E-state index in [1.807, 2.05) is 17.3 Å². The van der Waals surface area contributed by atoms with E-state index in [1.165, 1.54) is 32.1 Å². The summed E-state index contributed by atoms with van der Waals surface area (Å²) in [6, 6.07) is 17.7. The van der Waals surface area contributed by atoms with Crippen LogP contribution in [0.15, 0.2) is 60.9 Å². The Kier molecular flexibility index (Phi) is 6.86. The number of benzene rings is 2. The Morgan fingerprint density at radius 2 is 1.24 bits per heavy atom. The van der Waals surface area contributed by atoms with E-state index in [0.717, 1.165) is 77.5 Å². The van der Waals surface area contributed by atoms with Crippen molar-refractivity contribution in [2.75, 3.05) is 6.54 Å². The highest BCUT2D eigenvalue weighted by Gasteiger charge is 2.50. The van der Waals surface area contributed by atoms with Crippen LogP contribution < -0.4 is 0 Å². The molecule has 0 spiro atoms. The van der Waals surface area contributed by atoms with Crippen molar-refractivity contribution in [2.24, 2.45) is 17.8 Å². The predicted molar refractivity (Wildman–Crippen MR) is 176 cm³/mol. The maximum absolute atomic E-state index is 13.2. The summed E-state index contributed by atoms with van der Waals surface area (Å²) in [6.07, 6.45) is 15.5. The number of amides is 2. The molecule has 2 aromatic carbocycles. The molecule has 2 saturated heterocycles. The Balaban J connectivity index is 0.874. The fourth-order valence-electron chi connectivity index (χ4n) is 8.38. The molecule has 4 atom stereocenters. The Hall–Kier alpha value is -4.20. The van der Waals surface area contributed by atoms with Gasteiger partial charge in [0, 0.05) is 25.4 Å². The third kappa shape index (κ3) is 5.25. The minimum Gasteiger partial charge on any atom is -0.340 e. The van der Waals surface area contributed by atoms with Gasteiger partial charge in [0.15, 0.2) is 0 Å². The van der Waals surface area contributed by atoms with Crippen LogP contribution in [0.4, 0.5) is 0 Å². The molecular formula is C38H42N6O2. The van der Waals surface area contributed by atoms with E-state index >= 15 is 0 Å². The summed E-state index contributed by atoms with van der Waals surface area (Å²) >= 11 is 0. The third-order valence-corrected chi connectivity index (χ3v) is 11.3. The van der Waals surface area contributed by atoms with E-state index in [2.05, 4.69) is 63.4 Å². The molecule has 3 saturated carbocycles. The van der Waals surface area contributed by atoms with Gasteiger partial charge in [-0.05, 0) is 97.8 Å². The first-order chi connectivity index (χ1) is 22.6. The van der Waals surface area contributed by atoms with Crippen molar-refractivity contribution in [3.05, 3.63) is 72.6 Å². The monoisotopic (exact) mass is 614 g/mol. The maximum Gasteiger partial charge on any atom is 0.223 e. The van der Waals surface area contributed by atoms with E-state index < -0.39 is 0 Å². The van der Waals surface area contributed by atoms with Gasteiger partial charge in [-0.25, -0.2) is 9.97 Å². The summed E-state index contributed by atoms with van der Waals surface area (Å²) in [5.41, 5.74) is 6.47. The second kappa shape index (κ2) is 11.2. The molecule has 2 N–H and O–H groups in total. The van der Waals surface area contributed by atoms with Gasteiger partial charge in [-0.1, -0.05) is 48.5 Å². The third-order valence-electron chi connectivity index (χ3n) is 11.3. The Morgan fingerprint density at radius 3 is 1.87 bits per heavy atom. The number of nitrogens with zero attached hydrogens (tertiary/aromatic N) is 4. The number of fused-ring (bicyclic) bond motifs is 2. The first-order valence-corrected chi connectivity index (χ1v) is 17.5. The van der Waals surface area contributed by atoms with E-state index in [0.29, 0.717) is 42.5 Å². The van der Waals surface area contributed by atoms with Gasteiger partial charge >= 0.3 is 0 Å². The zero-order chi connectivity index (χ0) is 30.8. The number of rotatable bonds is 9. The van der Waals surface area contributed by atoms with Crippen LogP contribution in [0.5, 0.6) is 0 Å². The van der Waals surface area contributed by atoms with Crippen molar-refractivity contribution >= 4 is 11.8 Å². The minimum atomic E-state index is 0.0609. The number of aromatic amines is 2. The van der Waals surface area contributed by atoms with E-state index in [4.69, 9.17) is 9.97 Å². The summed E-state index contributed by atoms with van der Waals surface area (Å²) in [7, 11) is 0. The van der Waals surface area contributed by atoms with Crippen molar-refractivity contribution in [1.82, 2.24) is 29.7 Å². The second-order valence-corrected chi connectivity index (χ2v) is 14.5. The van der Waals surface area contributed by atoms with Crippen molar-refractivity contribution in [3.63, 3.8) is 0 Å². The standard InChI is InChI=1S/C38H42N6O2/c45-34(18-23-3-4-23)43-17-1-2-33(43)37-39-21-31(41-37)27-11-7-25(8-12-27)26-9-13-28(14-10-26)32-22-40-38(42-32)36-29-15-16-30(20-29)44(36)35(46)19-24-5-6-24/h7-14,21-24,29-30,33,36H,1-6,15-20H2,(H,39,41)(H,40,42)/t29-,30-,33-,36+/m0/s1. The van der Waals surface area contributed by atoms with Crippen LogP contribution in [0.3, 0.4) is 0 Å². The van der Waals surface area contributed by atoms with Gasteiger partial charge in [0.05, 0.1) is 35.9 Å². The molecule has 8 heteroatoms. The highest BCUT2D eigenvalue weighted by Crippen LogP contribution is 2.51. The van der Waals surface area contributed by atoms with Gasteiger partial charge < -0.3 is 19.8 Å². The number of H-pyrrole nitrogens is 2. The summed E-state index contributed by atoms with van der Waals surface area (Å²) in [4.78, 5) is 46.9. The molecule has 3 aliphatic carbocycles. The number of hydrogen-bond acceptors (Lipinski definition) is 4. The molecule has 2 aromatic heterocycles. The van der Waals surface area contributed by atoms with Crippen LogP contribution in [0.25, 0.3) is 33.6 Å². The molecule has 8 nitrogen and oxygen atoms in total. The number of hydrogen-bond donors (Lipinski definition) is 2. The number of nitrogens with one attached hydrogen (secondary N) is 2. The Bertz CT molecular complexity index is 1750. The molecule has 4 heterocycles. The first-order valence-electron chi connectivity index (χ1n) is 17.5. The number of carbonyl (C=O) groups excluding carboxylic acids is 2. The lowest BCUT2D eigenvalue weighted by atomic mass is 9.97. The van der Waals surface area contributed by atoms with E-state index in [1.54, 1.807) is 0 Å². The molecule has 9 rings (SSSR count). The van der Waals surface area contributed by atoms with E-state index in [9.17, 15) is 9.59 Å². The van der Waals surface area contributed by atoms with Crippen molar-refractivity contribution in [3.8, 4) is 33.6 Å². The van der Waals surface area contributed by atoms with E-state index in [-0.39, 0.29) is 18.0 Å². The molecule has 4 aromatic rings. The number of likely N-dealkylation sites (tertiary alicyclic amines) is 2. The average molecular weight is 615 g/mol. The van der Waals surface area contributed by atoms with Crippen molar-refractivity contribution in [1.29, 1.82) is 0 Å². The summed E-state index contributed by atoms with van der Waals surface area (Å²) in [5, 5.41) is 0. The zero-order valence-corrected chi connectivity index (χ0v) is 26.3.